The van der Waals surface area contributed by atoms with Gasteiger partial charge in [0.25, 0.3) is 0 Å². The number of piperidine rings is 1. The molecule has 3 heterocycles. The van der Waals surface area contributed by atoms with Crippen LogP contribution in [0.2, 0.25) is 0 Å². The van der Waals surface area contributed by atoms with Crippen molar-refractivity contribution in [2.24, 2.45) is 5.92 Å². The van der Waals surface area contributed by atoms with Gasteiger partial charge in [0.15, 0.2) is 0 Å². The van der Waals surface area contributed by atoms with E-state index in [1.807, 2.05) is 30.7 Å². The average Bonchev–Trinajstić information content (AvgIpc) is 3.43. The molecule has 1 fully saturated rings. The van der Waals surface area contributed by atoms with Crippen LogP contribution in [0.15, 0.2) is 78.1 Å². The Morgan fingerprint density at radius 1 is 1.00 bits per heavy atom. The number of allylic oxidation sites excluding steroid dienone is 2. The molecule has 6 nitrogen and oxygen atoms in total. The number of ketones is 1. The summed E-state index contributed by atoms with van der Waals surface area (Å²) in [6.45, 7) is 2.83. The molecule has 170 valence electrons. The average molecular weight is 462 g/mol. The van der Waals surface area contributed by atoms with E-state index >= 15 is 0 Å². The number of hydrogen-bond donors (Lipinski definition) is 0. The van der Waals surface area contributed by atoms with Crippen molar-refractivity contribution in [3.8, 4) is 0 Å². The van der Waals surface area contributed by atoms with Crippen LogP contribution in [0.1, 0.15) is 43.5 Å². The van der Waals surface area contributed by atoms with Crippen molar-refractivity contribution in [3.63, 3.8) is 0 Å². The summed E-state index contributed by atoms with van der Waals surface area (Å²) in [5.74, 6) is 0.0664. The molecule has 33 heavy (non-hydrogen) atoms. The Morgan fingerprint density at radius 3 is 2.30 bits per heavy atom. The van der Waals surface area contributed by atoms with Crippen molar-refractivity contribution in [1.29, 1.82) is 0 Å². The fourth-order valence-electron chi connectivity index (χ4n) is 5.11. The first-order valence-electron chi connectivity index (χ1n) is 11.3. The van der Waals surface area contributed by atoms with Gasteiger partial charge in [0.2, 0.25) is 10.0 Å². The van der Waals surface area contributed by atoms with Gasteiger partial charge in [-0.05, 0) is 48.6 Å². The lowest BCUT2D eigenvalue weighted by Crippen LogP contribution is -2.40. The summed E-state index contributed by atoms with van der Waals surface area (Å²) in [5.41, 5.74) is 4.50. The number of benzene rings is 2. The zero-order valence-corrected chi connectivity index (χ0v) is 19.4. The van der Waals surface area contributed by atoms with Gasteiger partial charge in [0, 0.05) is 25.4 Å². The molecule has 0 N–H and O–H groups in total. The van der Waals surface area contributed by atoms with Crippen LogP contribution in [0.25, 0.3) is 11.1 Å². The highest BCUT2D eigenvalue weighted by molar-refractivity contribution is 7.89. The van der Waals surface area contributed by atoms with Gasteiger partial charge in [-0.2, -0.15) is 4.31 Å². The Bertz CT molecular complexity index is 1290. The van der Waals surface area contributed by atoms with Gasteiger partial charge in [-0.25, -0.2) is 13.4 Å². The molecule has 7 heteroatoms. The lowest BCUT2D eigenvalue weighted by atomic mass is 9.86. The van der Waals surface area contributed by atoms with Crippen molar-refractivity contribution in [2.75, 3.05) is 13.1 Å². The van der Waals surface area contributed by atoms with Crippen molar-refractivity contribution < 1.29 is 13.2 Å². The Labute approximate surface area is 194 Å². The first-order chi connectivity index (χ1) is 16.0. The third kappa shape index (κ3) is 3.96. The third-order valence-electron chi connectivity index (χ3n) is 6.89. The zero-order valence-electron chi connectivity index (χ0n) is 18.6. The van der Waals surface area contributed by atoms with Crippen LogP contribution in [0.4, 0.5) is 0 Å². The fourth-order valence-corrected chi connectivity index (χ4v) is 6.61. The highest BCUT2D eigenvalue weighted by atomic mass is 32.2. The van der Waals surface area contributed by atoms with Gasteiger partial charge >= 0.3 is 0 Å². The number of hydrogen-bond acceptors (Lipinski definition) is 4. The number of nitrogens with zero attached hydrogens (tertiary/aromatic N) is 3. The molecular weight excluding hydrogens is 434 g/mol. The standard InChI is InChI=1S/C26H27N3O3S/c1-19-24-17-27-18-29(24)23(26(19)21-8-4-2-5-9-21)16-25(30)20-12-14-28(15-13-20)33(31,32)22-10-6-3-7-11-22/h2-11,17-18,20,23H,12-16H2,1H3. The molecule has 2 aromatic carbocycles. The molecule has 1 atom stereocenters. The van der Waals surface area contributed by atoms with Crippen molar-refractivity contribution in [3.05, 3.63) is 84.4 Å². The summed E-state index contributed by atoms with van der Waals surface area (Å²) in [4.78, 5) is 18.0. The topological polar surface area (TPSA) is 72.3 Å². The maximum atomic E-state index is 13.4. The number of carbonyl (C=O) groups excluding carboxylic acids is 1. The van der Waals surface area contributed by atoms with Crippen LogP contribution < -0.4 is 0 Å². The van der Waals surface area contributed by atoms with E-state index in [1.165, 1.54) is 9.88 Å². The second kappa shape index (κ2) is 8.72. The minimum absolute atomic E-state index is 0.0801. The smallest absolute Gasteiger partial charge is 0.243 e. The molecule has 3 aromatic rings. The normalized spacial score (nSPS) is 19.6. The predicted octanol–water partition coefficient (Wildman–Crippen LogP) is 4.43. The molecule has 2 aliphatic rings. The summed E-state index contributed by atoms with van der Waals surface area (Å²) < 4.78 is 29.4. The molecule has 1 unspecified atom stereocenters. The molecule has 1 saturated heterocycles. The van der Waals surface area contributed by atoms with Crippen molar-refractivity contribution >= 4 is 27.0 Å². The number of Topliss-reactive ketones (excluding diaryl/α,β-unsaturated/α-hetero) is 1. The number of sulfonamides is 1. The summed E-state index contributed by atoms with van der Waals surface area (Å²) in [6, 6.07) is 18.6. The number of fused-ring (bicyclic) bond motifs is 1. The van der Waals surface area contributed by atoms with Gasteiger partial charge in [-0.15, -0.1) is 0 Å². The third-order valence-corrected chi connectivity index (χ3v) is 8.81. The zero-order chi connectivity index (χ0) is 23.0. The van der Waals surface area contributed by atoms with E-state index in [-0.39, 0.29) is 17.7 Å². The maximum Gasteiger partial charge on any atom is 0.243 e. The monoisotopic (exact) mass is 461 g/mol. The number of carbonyl (C=O) groups is 1. The first-order valence-corrected chi connectivity index (χ1v) is 12.8. The second-order valence-corrected chi connectivity index (χ2v) is 10.7. The van der Waals surface area contributed by atoms with E-state index in [9.17, 15) is 13.2 Å². The molecule has 0 radical (unpaired) electrons. The van der Waals surface area contributed by atoms with Crippen LogP contribution >= 0.6 is 0 Å². The summed E-state index contributed by atoms with van der Waals surface area (Å²) in [7, 11) is -3.52. The number of aromatic nitrogens is 2. The van der Waals surface area contributed by atoms with Crippen molar-refractivity contribution in [1.82, 2.24) is 13.9 Å². The largest absolute Gasteiger partial charge is 0.323 e. The van der Waals surface area contributed by atoms with Crippen molar-refractivity contribution in [2.45, 2.75) is 37.1 Å². The molecule has 1 aromatic heterocycles. The second-order valence-electron chi connectivity index (χ2n) is 8.77. The lowest BCUT2D eigenvalue weighted by molar-refractivity contribution is -0.124. The summed E-state index contributed by atoms with van der Waals surface area (Å²) in [5, 5.41) is 0. The minimum Gasteiger partial charge on any atom is -0.323 e. The Morgan fingerprint density at radius 2 is 1.64 bits per heavy atom. The van der Waals surface area contributed by atoms with Crippen LogP contribution in [-0.2, 0) is 14.8 Å². The van der Waals surface area contributed by atoms with E-state index in [1.54, 1.807) is 30.3 Å². The minimum atomic E-state index is -3.52. The molecule has 0 saturated carbocycles. The van der Waals surface area contributed by atoms with Gasteiger partial charge in [0.05, 0.1) is 29.2 Å². The predicted molar refractivity (Wildman–Crippen MR) is 128 cm³/mol. The van der Waals surface area contributed by atoms with Crippen LogP contribution in [-0.4, -0.2) is 41.1 Å². The van der Waals surface area contributed by atoms with Crippen LogP contribution in [0.3, 0.4) is 0 Å². The van der Waals surface area contributed by atoms with E-state index in [2.05, 4.69) is 28.6 Å². The first kappa shape index (κ1) is 21.8. The number of imidazole rings is 1. The van der Waals surface area contributed by atoms with E-state index in [0.717, 1.165) is 16.8 Å². The van der Waals surface area contributed by atoms with Gasteiger partial charge in [0.1, 0.15) is 5.78 Å². The molecular formula is C26H27N3O3S. The highest BCUT2D eigenvalue weighted by Crippen LogP contribution is 2.44. The molecule has 0 spiro atoms. The molecule has 0 amide bonds. The van der Waals surface area contributed by atoms with E-state index in [4.69, 9.17) is 0 Å². The quantitative estimate of drug-likeness (QED) is 0.544. The van der Waals surface area contributed by atoms with Crippen LogP contribution in [0.5, 0.6) is 0 Å². The summed E-state index contributed by atoms with van der Waals surface area (Å²) in [6.07, 6.45) is 5.16. The SMILES string of the molecule is CC1=C(c2ccccc2)C(CC(=O)C2CCN(S(=O)(=O)c3ccccc3)CC2)n2cncc21. The van der Waals surface area contributed by atoms with Crippen LogP contribution in [0, 0.1) is 5.92 Å². The van der Waals surface area contributed by atoms with Gasteiger partial charge in [-0.1, -0.05) is 48.5 Å². The Balaban J connectivity index is 1.30. The van der Waals surface area contributed by atoms with Gasteiger partial charge in [-0.3, -0.25) is 4.79 Å². The molecule has 0 aliphatic carbocycles. The fraction of sp³-hybridized carbons (Fsp3) is 0.308. The Kier molecular flexibility index (Phi) is 5.76. The number of rotatable bonds is 6. The molecule has 2 aliphatic heterocycles. The van der Waals surface area contributed by atoms with E-state index in [0.29, 0.717) is 37.2 Å². The highest BCUT2D eigenvalue weighted by Gasteiger charge is 2.36. The maximum absolute atomic E-state index is 13.4. The molecule has 0 bridgehead atoms. The Hall–Kier alpha value is -3.03. The lowest BCUT2D eigenvalue weighted by Gasteiger charge is -2.31. The van der Waals surface area contributed by atoms with E-state index < -0.39 is 10.0 Å². The molecule has 5 rings (SSSR count). The summed E-state index contributed by atoms with van der Waals surface area (Å²) >= 11 is 0. The van der Waals surface area contributed by atoms with Gasteiger partial charge < -0.3 is 4.57 Å².